The van der Waals surface area contributed by atoms with Crippen LogP contribution in [0.15, 0.2) is 60.9 Å². The summed E-state index contributed by atoms with van der Waals surface area (Å²) in [6, 6.07) is 15.6. The van der Waals surface area contributed by atoms with E-state index in [1.54, 1.807) is 25.5 Å². The Balaban J connectivity index is 2.06. The molecule has 0 atom stereocenters. The number of ether oxygens (including phenoxy) is 1. The van der Waals surface area contributed by atoms with Gasteiger partial charge in [-0.25, -0.2) is 0 Å². The molecule has 0 aliphatic heterocycles. The van der Waals surface area contributed by atoms with E-state index in [1.807, 2.05) is 30.3 Å². The lowest BCUT2D eigenvalue weighted by Gasteiger charge is -2.03. The van der Waals surface area contributed by atoms with Gasteiger partial charge < -0.3 is 4.74 Å². The van der Waals surface area contributed by atoms with Crippen molar-refractivity contribution in [3.05, 3.63) is 83.1 Å². The molecule has 0 aliphatic carbocycles. The van der Waals surface area contributed by atoms with Crippen LogP contribution >= 0.6 is 0 Å². The molecule has 2 heteroatoms. The molecule has 0 saturated carbocycles. The summed E-state index contributed by atoms with van der Waals surface area (Å²) in [4.78, 5) is 10.6. The van der Waals surface area contributed by atoms with Crippen molar-refractivity contribution in [2.45, 2.75) is 12.8 Å². The molecule has 2 nitrogen and oxygen atoms in total. The van der Waals surface area contributed by atoms with Gasteiger partial charge in [0.25, 0.3) is 0 Å². The highest BCUT2D eigenvalue weighted by molar-refractivity contribution is 5.74. The van der Waals surface area contributed by atoms with Gasteiger partial charge >= 0.3 is 0 Å². The molecule has 0 aliphatic rings. The second kappa shape index (κ2) is 8.49. The summed E-state index contributed by atoms with van der Waals surface area (Å²) in [7, 11) is 1.64. The molecular formula is C20H18O2. The zero-order valence-corrected chi connectivity index (χ0v) is 12.6. The van der Waals surface area contributed by atoms with Crippen molar-refractivity contribution < 1.29 is 9.53 Å². The largest absolute Gasteiger partial charge is 0.505 e. The molecule has 2 aromatic carbocycles. The van der Waals surface area contributed by atoms with Crippen LogP contribution in [0, 0.1) is 11.8 Å². The summed E-state index contributed by atoms with van der Waals surface area (Å²) in [5.74, 6) is 6.32. The van der Waals surface area contributed by atoms with E-state index < -0.39 is 0 Å². The second-order valence-corrected chi connectivity index (χ2v) is 4.80. The molecule has 22 heavy (non-hydrogen) atoms. The maximum atomic E-state index is 10.6. The zero-order chi connectivity index (χ0) is 15.6. The van der Waals surface area contributed by atoms with E-state index in [4.69, 9.17) is 4.74 Å². The van der Waals surface area contributed by atoms with Gasteiger partial charge in [0.15, 0.2) is 0 Å². The van der Waals surface area contributed by atoms with Crippen molar-refractivity contribution in [2.24, 2.45) is 0 Å². The minimum Gasteiger partial charge on any atom is -0.505 e. The molecule has 0 amide bonds. The summed E-state index contributed by atoms with van der Waals surface area (Å²) in [5.41, 5.74) is 4.06. The second-order valence-electron chi connectivity index (χ2n) is 4.80. The molecule has 2 aromatic rings. The van der Waals surface area contributed by atoms with Crippen molar-refractivity contribution in [3.63, 3.8) is 0 Å². The van der Waals surface area contributed by atoms with Crippen LogP contribution in [-0.4, -0.2) is 13.4 Å². The van der Waals surface area contributed by atoms with Gasteiger partial charge in [0.2, 0.25) is 0 Å². The first-order valence-corrected chi connectivity index (χ1v) is 7.12. The molecule has 0 bridgehead atoms. The summed E-state index contributed by atoms with van der Waals surface area (Å²) in [5, 5.41) is 0. The maximum absolute atomic E-state index is 10.6. The highest BCUT2D eigenvalue weighted by atomic mass is 16.5. The molecule has 0 unspecified atom stereocenters. The first kappa shape index (κ1) is 15.6. The van der Waals surface area contributed by atoms with E-state index in [2.05, 4.69) is 24.0 Å². The number of aldehydes is 1. The molecule has 0 N–H and O–H groups in total. The Morgan fingerprint density at radius 3 is 2.45 bits per heavy atom. The summed E-state index contributed by atoms with van der Waals surface area (Å²) >= 11 is 0. The van der Waals surface area contributed by atoms with Crippen molar-refractivity contribution in [2.75, 3.05) is 7.11 Å². The summed E-state index contributed by atoms with van der Waals surface area (Å²) < 4.78 is 4.93. The van der Waals surface area contributed by atoms with Crippen LogP contribution in [0.5, 0.6) is 0 Å². The third-order valence-electron chi connectivity index (χ3n) is 3.25. The van der Waals surface area contributed by atoms with Gasteiger partial charge in [-0.05, 0) is 35.8 Å². The fourth-order valence-electron chi connectivity index (χ4n) is 2.09. The predicted octanol–water partition coefficient (Wildman–Crippen LogP) is 3.80. The first-order valence-electron chi connectivity index (χ1n) is 7.12. The molecule has 0 fully saturated rings. The van der Waals surface area contributed by atoms with Crippen molar-refractivity contribution in [1.82, 2.24) is 0 Å². The zero-order valence-electron chi connectivity index (χ0n) is 12.6. The van der Waals surface area contributed by atoms with Crippen molar-refractivity contribution >= 4 is 6.29 Å². The first-order chi connectivity index (χ1) is 10.8. The van der Waals surface area contributed by atoms with Gasteiger partial charge in [-0.1, -0.05) is 48.2 Å². The number of hydrogen-bond donors (Lipinski definition) is 0. The van der Waals surface area contributed by atoms with Gasteiger partial charge in [0, 0.05) is 17.5 Å². The molecule has 0 spiro atoms. The van der Waals surface area contributed by atoms with Gasteiger partial charge in [0.1, 0.15) is 6.29 Å². The van der Waals surface area contributed by atoms with Crippen LogP contribution in [0.1, 0.15) is 27.0 Å². The number of carbonyl (C=O) groups is 1. The highest BCUT2D eigenvalue weighted by Crippen LogP contribution is 2.11. The van der Waals surface area contributed by atoms with Crippen molar-refractivity contribution in [1.29, 1.82) is 0 Å². The van der Waals surface area contributed by atoms with Gasteiger partial charge in [-0.15, -0.1) is 0 Å². The van der Waals surface area contributed by atoms with E-state index in [1.165, 1.54) is 11.1 Å². The predicted molar refractivity (Wildman–Crippen MR) is 88.7 cm³/mol. The van der Waals surface area contributed by atoms with Crippen molar-refractivity contribution in [3.8, 4) is 11.8 Å². The number of rotatable bonds is 5. The summed E-state index contributed by atoms with van der Waals surface area (Å²) in [6.07, 6.45) is 6.05. The molecule has 110 valence electrons. The SMILES string of the molecule is CO/C=C/Cc1ccccc1CC#Cc1ccc(C=O)cc1. The average molecular weight is 290 g/mol. The molecule has 0 aromatic heterocycles. The smallest absolute Gasteiger partial charge is 0.150 e. The maximum Gasteiger partial charge on any atom is 0.150 e. The topological polar surface area (TPSA) is 26.3 Å². The number of methoxy groups -OCH3 is 1. The van der Waals surface area contributed by atoms with Crippen LogP contribution in [0.3, 0.4) is 0 Å². The van der Waals surface area contributed by atoms with E-state index in [-0.39, 0.29) is 0 Å². The van der Waals surface area contributed by atoms with E-state index in [0.717, 1.165) is 18.3 Å². The van der Waals surface area contributed by atoms with Crippen LogP contribution in [0.4, 0.5) is 0 Å². The Morgan fingerprint density at radius 1 is 1.05 bits per heavy atom. The van der Waals surface area contributed by atoms with E-state index in [9.17, 15) is 4.79 Å². The monoisotopic (exact) mass is 290 g/mol. The lowest BCUT2D eigenvalue weighted by molar-refractivity contribution is 0.112. The number of allylic oxidation sites excluding steroid dienone is 1. The normalized spacial score (nSPS) is 10.0. The Morgan fingerprint density at radius 2 is 1.77 bits per heavy atom. The van der Waals surface area contributed by atoms with E-state index >= 15 is 0 Å². The van der Waals surface area contributed by atoms with Gasteiger partial charge in [0.05, 0.1) is 13.4 Å². The molecule has 2 rings (SSSR count). The van der Waals surface area contributed by atoms with Crippen LogP contribution < -0.4 is 0 Å². The molecule has 0 saturated heterocycles. The number of benzene rings is 2. The fourth-order valence-corrected chi connectivity index (χ4v) is 2.09. The third kappa shape index (κ3) is 4.64. The van der Waals surface area contributed by atoms with E-state index in [0.29, 0.717) is 12.0 Å². The Labute approximate surface area is 131 Å². The quantitative estimate of drug-likeness (QED) is 0.476. The van der Waals surface area contributed by atoms with Gasteiger partial charge in [-0.2, -0.15) is 0 Å². The van der Waals surface area contributed by atoms with Crippen LogP contribution in [0.25, 0.3) is 0 Å². The Bertz CT molecular complexity index is 700. The van der Waals surface area contributed by atoms with Crippen LogP contribution in [0.2, 0.25) is 0 Å². The van der Waals surface area contributed by atoms with Crippen LogP contribution in [-0.2, 0) is 17.6 Å². The summed E-state index contributed by atoms with van der Waals surface area (Å²) in [6.45, 7) is 0. The lowest BCUT2D eigenvalue weighted by Crippen LogP contribution is -1.91. The standard InChI is InChI=1S/C20H18O2/c1-22-15-5-10-20-8-3-2-7-19(20)9-4-6-17-11-13-18(16-21)14-12-17/h2-3,5,7-8,11-16H,9-10H2,1H3/b15-5+. The minimum absolute atomic E-state index is 0.667. The minimum atomic E-state index is 0.667. The highest BCUT2D eigenvalue weighted by Gasteiger charge is 1.98. The third-order valence-corrected chi connectivity index (χ3v) is 3.25. The fraction of sp³-hybridized carbons (Fsp3) is 0.150. The lowest BCUT2D eigenvalue weighted by atomic mass is 10.0. The molecular weight excluding hydrogens is 272 g/mol. The molecule has 0 radical (unpaired) electrons. The Hall–Kier alpha value is -2.79. The number of carbonyl (C=O) groups excluding carboxylic acids is 1. The molecule has 0 heterocycles. The Kier molecular flexibility index (Phi) is 6.02. The van der Waals surface area contributed by atoms with Gasteiger partial charge in [-0.3, -0.25) is 4.79 Å². The number of hydrogen-bond acceptors (Lipinski definition) is 2. The average Bonchev–Trinajstić information content (AvgIpc) is 2.57.